The van der Waals surface area contributed by atoms with Gasteiger partial charge in [-0.3, -0.25) is 9.59 Å². The first-order valence-electron chi connectivity index (χ1n) is 10.3. The fraction of sp³-hybridized carbons (Fsp3) is 0.417. The van der Waals surface area contributed by atoms with E-state index in [1.54, 1.807) is 43.3 Å². The highest BCUT2D eigenvalue weighted by Gasteiger charge is 2.28. The molecule has 0 saturated carbocycles. The molecule has 0 fully saturated rings. The lowest BCUT2D eigenvalue weighted by molar-refractivity contribution is -0.141. The molecular formula is C24H30ClFN2O3. The van der Waals surface area contributed by atoms with Gasteiger partial charge in [-0.15, -0.1) is 0 Å². The fourth-order valence-corrected chi connectivity index (χ4v) is 3.06. The number of rotatable bonds is 9. The number of ether oxygens (including phenoxy) is 1. The third-order valence-corrected chi connectivity index (χ3v) is 4.80. The average Bonchev–Trinajstić information content (AvgIpc) is 2.70. The van der Waals surface area contributed by atoms with Crippen LogP contribution in [0.25, 0.3) is 0 Å². The monoisotopic (exact) mass is 448 g/mol. The van der Waals surface area contributed by atoms with Crippen LogP contribution >= 0.6 is 11.6 Å². The van der Waals surface area contributed by atoms with Crippen molar-refractivity contribution in [1.82, 2.24) is 10.2 Å². The number of hydrogen-bond acceptors (Lipinski definition) is 3. The van der Waals surface area contributed by atoms with Crippen molar-refractivity contribution < 1.29 is 18.7 Å². The molecule has 2 aromatic carbocycles. The molecule has 0 heterocycles. The van der Waals surface area contributed by atoms with Crippen LogP contribution in [0.1, 0.15) is 46.1 Å². The Morgan fingerprint density at radius 3 is 2.29 bits per heavy atom. The van der Waals surface area contributed by atoms with Crippen LogP contribution in [0, 0.1) is 5.82 Å². The molecular weight excluding hydrogens is 419 g/mol. The summed E-state index contributed by atoms with van der Waals surface area (Å²) in [5.74, 6) is -0.0709. The van der Waals surface area contributed by atoms with E-state index in [2.05, 4.69) is 5.32 Å². The maximum atomic E-state index is 13.3. The second-order valence-electron chi connectivity index (χ2n) is 8.47. The van der Waals surface area contributed by atoms with Crippen molar-refractivity contribution in [3.05, 3.63) is 64.9 Å². The highest BCUT2D eigenvalue weighted by atomic mass is 35.5. The molecule has 168 valence electrons. The van der Waals surface area contributed by atoms with Crippen molar-refractivity contribution in [3.8, 4) is 5.75 Å². The lowest BCUT2D eigenvalue weighted by atomic mass is 10.1. The van der Waals surface area contributed by atoms with Gasteiger partial charge in [0.1, 0.15) is 17.6 Å². The Morgan fingerprint density at radius 2 is 1.71 bits per heavy atom. The van der Waals surface area contributed by atoms with E-state index in [1.165, 1.54) is 17.0 Å². The minimum Gasteiger partial charge on any atom is -0.494 e. The maximum absolute atomic E-state index is 13.3. The van der Waals surface area contributed by atoms with Gasteiger partial charge in [-0.2, -0.15) is 0 Å². The summed E-state index contributed by atoms with van der Waals surface area (Å²) in [5.41, 5.74) is 0.338. The van der Waals surface area contributed by atoms with Crippen LogP contribution < -0.4 is 10.1 Å². The van der Waals surface area contributed by atoms with E-state index in [9.17, 15) is 14.0 Å². The minimum absolute atomic E-state index is 0.166. The van der Waals surface area contributed by atoms with Gasteiger partial charge >= 0.3 is 0 Å². The number of halogens is 2. The molecule has 0 radical (unpaired) electrons. The van der Waals surface area contributed by atoms with Gasteiger partial charge < -0.3 is 15.0 Å². The minimum atomic E-state index is -0.672. The van der Waals surface area contributed by atoms with E-state index in [4.69, 9.17) is 16.3 Å². The van der Waals surface area contributed by atoms with Crippen molar-refractivity contribution in [2.45, 2.75) is 58.7 Å². The van der Waals surface area contributed by atoms with E-state index < -0.39 is 11.6 Å². The Kier molecular flexibility index (Phi) is 8.87. The first kappa shape index (κ1) is 24.7. The predicted molar refractivity (Wildman–Crippen MR) is 120 cm³/mol. The van der Waals surface area contributed by atoms with Crippen LogP contribution in [0.15, 0.2) is 48.5 Å². The summed E-state index contributed by atoms with van der Waals surface area (Å²) in [4.78, 5) is 27.2. The van der Waals surface area contributed by atoms with Gasteiger partial charge in [-0.1, -0.05) is 23.7 Å². The standard InChI is InChI=1S/C24H30ClFN2O3/c1-17(23(30)27-24(2,3)4)28(16-18-7-11-20(26)12-8-18)22(29)6-5-15-31-21-13-9-19(25)10-14-21/h7-14,17H,5-6,15-16H2,1-4H3,(H,27,30). The Hall–Kier alpha value is -2.60. The number of amides is 2. The lowest BCUT2D eigenvalue weighted by Crippen LogP contribution is -2.52. The topological polar surface area (TPSA) is 58.6 Å². The van der Waals surface area contributed by atoms with E-state index in [0.717, 1.165) is 5.56 Å². The Labute approximate surface area is 188 Å². The summed E-state index contributed by atoms with van der Waals surface area (Å²) >= 11 is 5.86. The fourth-order valence-electron chi connectivity index (χ4n) is 2.93. The predicted octanol–water partition coefficient (Wildman–Crippen LogP) is 4.97. The number of hydrogen-bond donors (Lipinski definition) is 1. The summed E-state index contributed by atoms with van der Waals surface area (Å²) in [7, 11) is 0. The third kappa shape index (κ3) is 8.58. The molecule has 2 aromatic rings. The second kappa shape index (κ2) is 11.1. The van der Waals surface area contributed by atoms with Crippen LogP contribution in [0.5, 0.6) is 5.75 Å². The van der Waals surface area contributed by atoms with E-state index in [-0.39, 0.29) is 30.6 Å². The molecule has 1 N–H and O–H groups in total. The summed E-state index contributed by atoms with van der Waals surface area (Å²) in [6.45, 7) is 7.94. The molecule has 2 amide bonds. The molecule has 2 rings (SSSR count). The second-order valence-corrected chi connectivity index (χ2v) is 8.91. The van der Waals surface area contributed by atoms with Crippen LogP contribution in [0.2, 0.25) is 5.02 Å². The molecule has 31 heavy (non-hydrogen) atoms. The number of carbonyl (C=O) groups excluding carboxylic acids is 2. The lowest BCUT2D eigenvalue weighted by Gasteiger charge is -2.31. The van der Waals surface area contributed by atoms with Gasteiger partial charge in [0, 0.05) is 23.5 Å². The van der Waals surface area contributed by atoms with Crippen LogP contribution in [0.3, 0.4) is 0 Å². The summed E-state index contributed by atoms with van der Waals surface area (Å²) in [6, 6.07) is 12.3. The molecule has 1 unspecified atom stereocenters. The summed E-state index contributed by atoms with van der Waals surface area (Å²) in [6.07, 6.45) is 0.719. The number of nitrogens with zero attached hydrogens (tertiary/aromatic N) is 1. The van der Waals surface area contributed by atoms with Gasteiger partial charge in [0.15, 0.2) is 0 Å². The quantitative estimate of drug-likeness (QED) is 0.551. The summed E-state index contributed by atoms with van der Waals surface area (Å²) in [5, 5.41) is 3.54. The zero-order valence-electron chi connectivity index (χ0n) is 18.5. The molecule has 0 aliphatic heterocycles. The number of carbonyl (C=O) groups is 2. The largest absolute Gasteiger partial charge is 0.494 e. The Morgan fingerprint density at radius 1 is 1.10 bits per heavy atom. The highest BCUT2D eigenvalue weighted by Crippen LogP contribution is 2.17. The molecule has 0 aliphatic carbocycles. The van der Waals surface area contributed by atoms with E-state index >= 15 is 0 Å². The Bertz CT molecular complexity index is 864. The third-order valence-electron chi connectivity index (χ3n) is 4.55. The highest BCUT2D eigenvalue weighted by molar-refractivity contribution is 6.30. The van der Waals surface area contributed by atoms with Gasteiger partial charge in [0.2, 0.25) is 11.8 Å². The van der Waals surface area contributed by atoms with Crippen molar-refractivity contribution in [1.29, 1.82) is 0 Å². The van der Waals surface area contributed by atoms with Gasteiger partial charge in [-0.25, -0.2) is 4.39 Å². The molecule has 0 spiro atoms. The smallest absolute Gasteiger partial charge is 0.242 e. The van der Waals surface area contributed by atoms with Crippen LogP contribution in [0.4, 0.5) is 4.39 Å². The van der Waals surface area contributed by atoms with Gasteiger partial charge in [0.05, 0.1) is 6.61 Å². The van der Waals surface area contributed by atoms with Crippen LogP contribution in [-0.2, 0) is 16.1 Å². The normalized spacial score (nSPS) is 12.2. The molecule has 5 nitrogen and oxygen atoms in total. The summed E-state index contributed by atoms with van der Waals surface area (Å²) < 4.78 is 18.9. The first-order valence-corrected chi connectivity index (χ1v) is 10.7. The molecule has 0 aromatic heterocycles. The van der Waals surface area contributed by atoms with E-state index in [1.807, 2.05) is 20.8 Å². The average molecular weight is 449 g/mol. The molecule has 0 aliphatic rings. The van der Waals surface area contributed by atoms with Crippen molar-refractivity contribution >= 4 is 23.4 Å². The zero-order chi connectivity index (χ0) is 23.0. The van der Waals surface area contributed by atoms with Gasteiger partial charge in [0.25, 0.3) is 0 Å². The van der Waals surface area contributed by atoms with Crippen LogP contribution in [-0.4, -0.2) is 34.9 Å². The zero-order valence-corrected chi connectivity index (χ0v) is 19.2. The first-order chi connectivity index (χ1) is 14.5. The van der Waals surface area contributed by atoms with Crippen molar-refractivity contribution in [2.24, 2.45) is 0 Å². The number of nitrogens with one attached hydrogen (secondary N) is 1. The molecule has 1 atom stereocenters. The molecule has 7 heteroatoms. The van der Waals surface area contributed by atoms with Crippen molar-refractivity contribution in [3.63, 3.8) is 0 Å². The molecule has 0 saturated heterocycles. The SMILES string of the molecule is CC(C(=O)NC(C)(C)C)N(Cc1ccc(F)cc1)C(=O)CCCOc1ccc(Cl)cc1. The van der Waals surface area contributed by atoms with Crippen molar-refractivity contribution in [2.75, 3.05) is 6.61 Å². The van der Waals surface area contributed by atoms with E-state index in [0.29, 0.717) is 23.8 Å². The molecule has 0 bridgehead atoms. The Balaban J connectivity index is 2.01. The maximum Gasteiger partial charge on any atom is 0.242 e. The van der Waals surface area contributed by atoms with Gasteiger partial charge in [-0.05, 0) is 76.1 Å². The number of benzene rings is 2.